The van der Waals surface area contributed by atoms with Crippen molar-refractivity contribution in [3.8, 4) is 5.75 Å². The largest absolute Gasteiger partial charge is 0.487 e. The van der Waals surface area contributed by atoms with Gasteiger partial charge in [0.25, 0.3) is 0 Å². The zero-order chi connectivity index (χ0) is 13.8. The van der Waals surface area contributed by atoms with E-state index in [0.29, 0.717) is 5.69 Å². The van der Waals surface area contributed by atoms with E-state index in [1.54, 1.807) is 0 Å². The summed E-state index contributed by atoms with van der Waals surface area (Å²) in [5.41, 5.74) is 7.99. The molecule has 1 fully saturated rings. The SMILES string of the molecule is Nc1ccccc1O[C@H]1CCN(Cc2ccccc2)C1. The van der Waals surface area contributed by atoms with Gasteiger partial charge >= 0.3 is 0 Å². The van der Waals surface area contributed by atoms with Crippen molar-refractivity contribution < 1.29 is 4.74 Å². The minimum atomic E-state index is 0.239. The van der Waals surface area contributed by atoms with E-state index in [1.165, 1.54) is 5.56 Å². The van der Waals surface area contributed by atoms with Crippen LogP contribution in [-0.2, 0) is 6.54 Å². The lowest BCUT2D eigenvalue weighted by Gasteiger charge is -2.17. The second-order valence-corrected chi connectivity index (χ2v) is 5.29. The van der Waals surface area contributed by atoms with Gasteiger partial charge in [-0.1, -0.05) is 42.5 Å². The van der Waals surface area contributed by atoms with E-state index >= 15 is 0 Å². The molecule has 104 valence electrons. The first-order chi connectivity index (χ1) is 9.81. The predicted molar refractivity (Wildman–Crippen MR) is 81.6 cm³/mol. The lowest BCUT2D eigenvalue weighted by atomic mass is 10.2. The Labute approximate surface area is 120 Å². The second kappa shape index (κ2) is 5.97. The Morgan fingerprint density at radius 2 is 1.80 bits per heavy atom. The minimum absolute atomic E-state index is 0.239. The molecule has 1 atom stereocenters. The van der Waals surface area contributed by atoms with E-state index in [2.05, 4.69) is 35.2 Å². The van der Waals surface area contributed by atoms with Crippen LogP contribution in [0.3, 0.4) is 0 Å². The average molecular weight is 268 g/mol. The number of nitrogens with zero attached hydrogens (tertiary/aromatic N) is 1. The highest BCUT2D eigenvalue weighted by molar-refractivity contribution is 5.51. The van der Waals surface area contributed by atoms with Gasteiger partial charge in [-0.3, -0.25) is 4.90 Å². The summed E-state index contributed by atoms with van der Waals surface area (Å²) < 4.78 is 6.01. The Balaban J connectivity index is 1.56. The van der Waals surface area contributed by atoms with E-state index in [1.807, 2.05) is 24.3 Å². The molecule has 0 amide bonds. The molecule has 0 saturated carbocycles. The molecule has 0 spiro atoms. The summed E-state index contributed by atoms with van der Waals surface area (Å²) in [5, 5.41) is 0. The Morgan fingerprint density at radius 1 is 1.05 bits per heavy atom. The Morgan fingerprint density at radius 3 is 2.60 bits per heavy atom. The van der Waals surface area contributed by atoms with E-state index in [-0.39, 0.29) is 6.10 Å². The molecule has 0 unspecified atom stereocenters. The average Bonchev–Trinajstić information content (AvgIpc) is 2.90. The highest BCUT2D eigenvalue weighted by atomic mass is 16.5. The van der Waals surface area contributed by atoms with Crippen molar-refractivity contribution >= 4 is 5.69 Å². The van der Waals surface area contributed by atoms with Crippen LogP contribution in [0.1, 0.15) is 12.0 Å². The first-order valence-electron chi connectivity index (χ1n) is 7.09. The molecule has 1 aliphatic rings. The summed E-state index contributed by atoms with van der Waals surface area (Å²) in [4.78, 5) is 2.43. The van der Waals surface area contributed by atoms with Crippen molar-refractivity contribution in [2.75, 3.05) is 18.8 Å². The first kappa shape index (κ1) is 13.0. The van der Waals surface area contributed by atoms with Crippen LogP contribution in [0.4, 0.5) is 5.69 Å². The molecular formula is C17H20N2O. The molecule has 3 nitrogen and oxygen atoms in total. The predicted octanol–water partition coefficient (Wildman–Crippen LogP) is 2.92. The fraction of sp³-hybridized carbons (Fsp3) is 0.294. The van der Waals surface area contributed by atoms with Crippen LogP contribution in [0.15, 0.2) is 54.6 Å². The van der Waals surface area contributed by atoms with Crippen LogP contribution in [0, 0.1) is 0 Å². The molecule has 0 radical (unpaired) electrons. The molecule has 2 N–H and O–H groups in total. The summed E-state index contributed by atoms with van der Waals surface area (Å²) in [5.74, 6) is 0.805. The molecule has 1 saturated heterocycles. The molecule has 2 aromatic rings. The van der Waals surface area contributed by atoms with Crippen LogP contribution in [0.2, 0.25) is 0 Å². The van der Waals surface area contributed by atoms with Gasteiger partial charge in [-0.15, -0.1) is 0 Å². The van der Waals surface area contributed by atoms with Gasteiger partial charge in [-0.05, 0) is 24.1 Å². The summed E-state index contributed by atoms with van der Waals surface area (Å²) in [6.45, 7) is 3.03. The molecule has 3 rings (SSSR count). The van der Waals surface area contributed by atoms with Gasteiger partial charge in [0.05, 0.1) is 5.69 Å². The lowest BCUT2D eigenvalue weighted by Crippen LogP contribution is -2.24. The van der Waals surface area contributed by atoms with E-state index in [9.17, 15) is 0 Å². The highest BCUT2D eigenvalue weighted by Gasteiger charge is 2.24. The minimum Gasteiger partial charge on any atom is -0.487 e. The molecule has 20 heavy (non-hydrogen) atoms. The third kappa shape index (κ3) is 3.11. The van der Waals surface area contributed by atoms with Gasteiger partial charge < -0.3 is 10.5 Å². The molecule has 1 aliphatic heterocycles. The maximum Gasteiger partial charge on any atom is 0.142 e. The number of hydrogen-bond donors (Lipinski definition) is 1. The van der Waals surface area contributed by atoms with Gasteiger partial charge in [-0.2, -0.15) is 0 Å². The number of anilines is 1. The van der Waals surface area contributed by atoms with Crippen molar-refractivity contribution in [1.82, 2.24) is 4.90 Å². The number of ether oxygens (including phenoxy) is 1. The highest BCUT2D eigenvalue weighted by Crippen LogP contribution is 2.24. The number of rotatable bonds is 4. The lowest BCUT2D eigenvalue weighted by molar-refractivity contribution is 0.199. The van der Waals surface area contributed by atoms with Gasteiger partial charge in [-0.25, -0.2) is 0 Å². The molecule has 3 heteroatoms. The number of nitrogen functional groups attached to an aromatic ring is 1. The summed E-state index contributed by atoms with van der Waals surface area (Å²) in [7, 11) is 0. The molecule has 0 aromatic heterocycles. The van der Waals surface area contributed by atoms with E-state index in [0.717, 1.165) is 31.8 Å². The quantitative estimate of drug-likeness (QED) is 0.866. The summed E-state index contributed by atoms with van der Waals surface area (Å²) >= 11 is 0. The zero-order valence-electron chi connectivity index (χ0n) is 11.5. The van der Waals surface area contributed by atoms with Crippen molar-refractivity contribution in [2.45, 2.75) is 19.1 Å². The smallest absolute Gasteiger partial charge is 0.142 e. The fourth-order valence-electron chi connectivity index (χ4n) is 2.65. The third-order valence-electron chi connectivity index (χ3n) is 3.69. The maximum absolute atomic E-state index is 6.01. The summed E-state index contributed by atoms with van der Waals surface area (Å²) in [6.07, 6.45) is 1.30. The van der Waals surface area contributed by atoms with Crippen LogP contribution in [0.5, 0.6) is 5.75 Å². The van der Waals surface area contributed by atoms with E-state index in [4.69, 9.17) is 10.5 Å². The van der Waals surface area contributed by atoms with Crippen molar-refractivity contribution in [3.63, 3.8) is 0 Å². The monoisotopic (exact) mass is 268 g/mol. The van der Waals surface area contributed by atoms with E-state index < -0.39 is 0 Å². The van der Waals surface area contributed by atoms with Crippen LogP contribution in [0.25, 0.3) is 0 Å². The number of hydrogen-bond acceptors (Lipinski definition) is 3. The number of nitrogens with two attached hydrogens (primary N) is 1. The topological polar surface area (TPSA) is 38.5 Å². The van der Waals surface area contributed by atoms with Crippen molar-refractivity contribution in [3.05, 3.63) is 60.2 Å². The Bertz CT molecular complexity index is 556. The molecule has 1 heterocycles. The third-order valence-corrected chi connectivity index (χ3v) is 3.69. The standard InChI is InChI=1S/C17H20N2O/c18-16-8-4-5-9-17(16)20-15-10-11-19(13-15)12-14-6-2-1-3-7-14/h1-9,15H,10-13,18H2/t15-/m0/s1. The van der Waals surface area contributed by atoms with Crippen molar-refractivity contribution in [2.24, 2.45) is 0 Å². The summed E-state index contributed by atoms with van der Waals surface area (Å²) in [6, 6.07) is 18.3. The van der Waals surface area contributed by atoms with Gasteiger partial charge in [0.15, 0.2) is 0 Å². The molecular weight excluding hydrogens is 248 g/mol. The van der Waals surface area contributed by atoms with Crippen molar-refractivity contribution in [1.29, 1.82) is 0 Å². The zero-order valence-corrected chi connectivity index (χ0v) is 11.5. The van der Waals surface area contributed by atoms with Gasteiger partial charge in [0.2, 0.25) is 0 Å². The Kier molecular flexibility index (Phi) is 3.88. The molecule has 0 aliphatic carbocycles. The number of likely N-dealkylation sites (tertiary alicyclic amines) is 1. The van der Waals surface area contributed by atoms with Crippen LogP contribution < -0.4 is 10.5 Å². The van der Waals surface area contributed by atoms with Gasteiger partial charge in [0.1, 0.15) is 11.9 Å². The van der Waals surface area contributed by atoms with Crippen LogP contribution in [-0.4, -0.2) is 24.1 Å². The first-order valence-corrected chi connectivity index (χ1v) is 7.09. The van der Waals surface area contributed by atoms with Crippen LogP contribution >= 0.6 is 0 Å². The molecule has 0 bridgehead atoms. The second-order valence-electron chi connectivity index (χ2n) is 5.29. The fourth-order valence-corrected chi connectivity index (χ4v) is 2.65. The number of para-hydroxylation sites is 2. The number of benzene rings is 2. The van der Waals surface area contributed by atoms with Gasteiger partial charge in [0, 0.05) is 19.6 Å². The Hall–Kier alpha value is -2.00. The normalized spacial score (nSPS) is 19.1. The maximum atomic E-state index is 6.01. The molecule has 2 aromatic carbocycles.